The fourth-order valence-corrected chi connectivity index (χ4v) is 0. The summed E-state index contributed by atoms with van der Waals surface area (Å²) in [6.07, 6.45) is 0. The van der Waals surface area contributed by atoms with E-state index in [1.54, 1.807) is 0 Å². The molecule has 0 atom stereocenters. The Morgan fingerprint density at radius 2 is 1.33 bits per heavy atom. The van der Waals surface area contributed by atoms with Gasteiger partial charge in [0.05, 0.1) is 8.41 Å². The van der Waals surface area contributed by atoms with Gasteiger partial charge in [0, 0.05) is 0 Å². The van der Waals surface area contributed by atoms with Crippen LogP contribution in [0.4, 0.5) is 0 Å². The van der Waals surface area contributed by atoms with Crippen LogP contribution in [0.5, 0.6) is 0 Å². The van der Waals surface area contributed by atoms with E-state index in [1.807, 2.05) is 0 Å². The molecule has 0 unspecified atom stereocenters. The molecule has 6 heavy (non-hydrogen) atoms. The van der Waals surface area contributed by atoms with Crippen molar-refractivity contribution in [1.29, 1.82) is 0 Å². The quantitative estimate of drug-likeness (QED) is 0.378. The summed E-state index contributed by atoms with van der Waals surface area (Å²) in [6, 6.07) is 0. The van der Waals surface area contributed by atoms with Crippen LogP contribution in [0.1, 0.15) is 0 Å². The molecular weight excluding hydrogens is 175 g/mol. The molecule has 0 amide bonds. The van der Waals surface area contributed by atoms with E-state index in [1.165, 1.54) is 0 Å². The van der Waals surface area contributed by atoms with Crippen LogP contribution in [-0.2, 0) is 4.46 Å². The maximum absolute atomic E-state index is 8.74. The van der Waals surface area contributed by atoms with E-state index in [0.717, 1.165) is 0 Å². The second-order valence-electron chi connectivity index (χ2n) is 0.283. The minimum atomic E-state index is -3.13. The second kappa shape index (κ2) is 9.48. The van der Waals surface area contributed by atoms with Gasteiger partial charge in [-0.25, -0.2) is 0 Å². The van der Waals surface area contributed by atoms with Gasteiger partial charge in [0.1, 0.15) is 0 Å². The molecule has 0 aliphatic rings. The standard InChI is InChI=1S/BH3.H2O3Si.Sr.2H/c;1-4(2)3;;;/h1H3;1-2H;;;. The van der Waals surface area contributed by atoms with E-state index >= 15 is 0 Å². The third-order valence-electron chi connectivity index (χ3n) is 0. The zero-order valence-electron chi connectivity index (χ0n) is 1.80. The van der Waals surface area contributed by atoms with Gasteiger partial charge in [0.15, 0.2) is 0 Å². The van der Waals surface area contributed by atoms with Crippen molar-refractivity contribution in [3.05, 3.63) is 0 Å². The Bertz CT molecular complexity index is 33.8. The Morgan fingerprint density at radius 1 is 1.33 bits per heavy atom. The number of rotatable bonds is 0. The molecular formula is H7BO3SiSr. The van der Waals surface area contributed by atoms with E-state index in [0.29, 0.717) is 0 Å². The molecule has 0 aliphatic carbocycles. The van der Waals surface area contributed by atoms with Crippen LogP contribution in [0.3, 0.4) is 0 Å². The minimum absolute atomic E-state index is 0. The summed E-state index contributed by atoms with van der Waals surface area (Å²) >= 11 is 0. The topological polar surface area (TPSA) is 57.5 Å². The summed E-state index contributed by atoms with van der Waals surface area (Å²) in [5, 5.41) is 0. The molecule has 0 aromatic rings. The molecule has 0 fully saturated rings. The predicted octanol–water partition coefficient (Wildman–Crippen LogP) is -3.71. The van der Waals surface area contributed by atoms with Crippen molar-refractivity contribution in [3.63, 3.8) is 0 Å². The van der Waals surface area contributed by atoms with Crippen molar-refractivity contribution >= 4 is 63.1 Å². The summed E-state index contributed by atoms with van der Waals surface area (Å²) in [6.45, 7) is 0. The van der Waals surface area contributed by atoms with Gasteiger partial charge in [-0.15, -0.1) is 0 Å². The van der Waals surface area contributed by atoms with Crippen molar-refractivity contribution in [2.24, 2.45) is 0 Å². The predicted molar refractivity (Wildman–Crippen MR) is 29.4 cm³/mol. The molecule has 0 radical (unpaired) electrons. The summed E-state index contributed by atoms with van der Waals surface area (Å²) in [5.41, 5.74) is 0. The normalized spacial score (nSPS) is 4.00. The molecule has 3 nitrogen and oxygen atoms in total. The zero-order valence-corrected chi connectivity index (χ0v) is 2.80. The maximum atomic E-state index is 8.74. The first-order valence-corrected chi connectivity index (χ1v) is 1.95. The van der Waals surface area contributed by atoms with Crippen molar-refractivity contribution in [2.45, 2.75) is 0 Å². The monoisotopic (exact) mass is 182 g/mol. The Balaban J connectivity index is -0.0000000450. The molecule has 0 saturated heterocycles. The van der Waals surface area contributed by atoms with E-state index in [2.05, 4.69) is 0 Å². The van der Waals surface area contributed by atoms with Gasteiger partial charge in [-0.3, -0.25) is 4.46 Å². The van der Waals surface area contributed by atoms with Crippen LogP contribution in [0.25, 0.3) is 0 Å². The van der Waals surface area contributed by atoms with E-state index < -0.39 is 9.17 Å². The van der Waals surface area contributed by atoms with Crippen LogP contribution in [0.2, 0.25) is 0 Å². The zero-order chi connectivity index (χ0) is 3.58. The first kappa shape index (κ1) is 15.7. The third-order valence-corrected chi connectivity index (χ3v) is 0. The molecule has 0 aliphatic heterocycles. The Hall–Kier alpha value is 1.16. The summed E-state index contributed by atoms with van der Waals surface area (Å²) in [7, 11) is -3.13. The summed E-state index contributed by atoms with van der Waals surface area (Å²) < 4.78 is 8.74. The van der Waals surface area contributed by atoms with E-state index in [9.17, 15) is 0 Å². The van der Waals surface area contributed by atoms with E-state index in [-0.39, 0.29) is 53.9 Å². The Labute approximate surface area is 76.1 Å². The van der Waals surface area contributed by atoms with Crippen LogP contribution in [0, 0.1) is 0 Å². The molecule has 0 bridgehead atoms. The number of hydrogen-bond donors (Lipinski definition) is 2. The van der Waals surface area contributed by atoms with Gasteiger partial charge in [-0.1, -0.05) is 0 Å². The van der Waals surface area contributed by atoms with Crippen LogP contribution < -0.4 is 0 Å². The average molecular weight is 182 g/mol. The molecule has 0 rings (SSSR count). The first-order chi connectivity index (χ1) is 1.73. The average Bonchev–Trinajstić information content (AvgIpc) is 0.811. The SMILES string of the molecule is B.O=[Si](O)O.[SrH2]. The Kier molecular flexibility index (Phi) is 24.8. The van der Waals surface area contributed by atoms with Crippen LogP contribution in [0.15, 0.2) is 0 Å². The summed E-state index contributed by atoms with van der Waals surface area (Å²) in [5.74, 6) is 0. The van der Waals surface area contributed by atoms with Crippen molar-refractivity contribution < 1.29 is 14.1 Å². The van der Waals surface area contributed by atoms with Crippen molar-refractivity contribution in [2.75, 3.05) is 0 Å². The fraction of sp³-hybridized carbons (Fsp3) is 0. The molecule has 0 heterocycles. The van der Waals surface area contributed by atoms with Gasteiger partial charge >= 0.3 is 54.7 Å². The van der Waals surface area contributed by atoms with Crippen molar-refractivity contribution in [3.8, 4) is 0 Å². The molecule has 2 N–H and O–H groups in total. The van der Waals surface area contributed by atoms with Gasteiger partial charge in [-0.2, -0.15) is 0 Å². The van der Waals surface area contributed by atoms with Crippen LogP contribution >= 0.6 is 0 Å². The fourth-order valence-electron chi connectivity index (χ4n) is 0. The van der Waals surface area contributed by atoms with E-state index in [4.69, 9.17) is 14.1 Å². The summed E-state index contributed by atoms with van der Waals surface area (Å²) in [4.78, 5) is 14.3. The molecule has 0 aromatic heterocycles. The van der Waals surface area contributed by atoms with Gasteiger partial charge < -0.3 is 9.59 Å². The molecule has 0 saturated carbocycles. The Morgan fingerprint density at radius 3 is 1.33 bits per heavy atom. The molecule has 34 valence electrons. The van der Waals surface area contributed by atoms with Gasteiger partial charge in [0.25, 0.3) is 0 Å². The molecule has 6 heteroatoms. The van der Waals surface area contributed by atoms with Gasteiger partial charge in [-0.05, 0) is 0 Å². The second-order valence-corrected chi connectivity index (χ2v) is 0.848. The molecule has 0 spiro atoms. The third kappa shape index (κ3) is 66.2. The molecule has 0 aromatic carbocycles. The first-order valence-electron chi connectivity index (χ1n) is 0.651. The van der Waals surface area contributed by atoms with Crippen molar-refractivity contribution in [1.82, 2.24) is 0 Å². The van der Waals surface area contributed by atoms with Crippen LogP contribution in [-0.4, -0.2) is 72.7 Å². The van der Waals surface area contributed by atoms with Gasteiger partial charge in [0.2, 0.25) is 0 Å². The number of hydrogen-bond acceptors (Lipinski definition) is 1.